The highest BCUT2D eigenvalue weighted by atomic mass is 32.2. The van der Waals surface area contributed by atoms with Crippen molar-refractivity contribution in [2.24, 2.45) is 0 Å². The average molecular weight is 339 g/mol. The highest BCUT2D eigenvalue weighted by Crippen LogP contribution is 2.32. The van der Waals surface area contributed by atoms with E-state index in [1.165, 1.54) is 29.5 Å². The van der Waals surface area contributed by atoms with Gasteiger partial charge in [-0.2, -0.15) is 0 Å². The quantitative estimate of drug-likeness (QED) is 0.891. The maximum Gasteiger partial charge on any atom is 0.265 e. The van der Waals surface area contributed by atoms with Gasteiger partial charge in [-0.05, 0) is 26.0 Å². The van der Waals surface area contributed by atoms with Crippen LogP contribution < -0.4 is 14.8 Å². The largest absolute Gasteiger partial charge is 0.479 e. The Morgan fingerprint density at radius 1 is 1.41 bits per heavy atom. The molecule has 2 aromatic rings. The van der Waals surface area contributed by atoms with Crippen LogP contribution >= 0.6 is 11.3 Å². The molecule has 3 rings (SSSR count). The van der Waals surface area contributed by atoms with E-state index in [0.29, 0.717) is 16.6 Å². The molecule has 2 heterocycles. The number of sulfonamides is 1. The number of nitrogens with one attached hydrogen (secondary N) is 2. The molecule has 7 nitrogen and oxygen atoms in total. The first kappa shape index (κ1) is 14.8. The van der Waals surface area contributed by atoms with E-state index in [2.05, 4.69) is 15.0 Å². The van der Waals surface area contributed by atoms with E-state index >= 15 is 0 Å². The number of fused-ring (bicyclic) bond motifs is 1. The number of carbonyl (C=O) groups is 1. The number of ether oxygens (including phenoxy) is 1. The molecular formula is C13H13N3O4S2. The molecule has 22 heavy (non-hydrogen) atoms. The van der Waals surface area contributed by atoms with Crippen LogP contribution in [0.3, 0.4) is 0 Å². The Kier molecular flexibility index (Phi) is 3.53. The molecule has 1 aromatic carbocycles. The lowest BCUT2D eigenvalue weighted by Gasteiger charge is -2.23. The van der Waals surface area contributed by atoms with Crippen LogP contribution in [0.25, 0.3) is 0 Å². The maximum absolute atomic E-state index is 12.4. The van der Waals surface area contributed by atoms with Crippen molar-refractivity contribution in [1.82, 2.24) is 4.98 Å². The van der Waals surface area contributed by atoms with E-state index in [1.54, 1.807) is 13.1 Å². The summed E-state index contributed by atoms with van der Waals surface area (Å²) in [5, 5.41) is 2.96. The van der Waals surface area contributed by atoms with Crippen LogP contribution in [-0.2, 0) is 14.8 Å². The zero-order valence-electron chi connectivity index (χ0n) is 11.8. The fourth-order valence-corrected chi connectivity index (χ4v) is 3.85. The summed E-state index contributed by atoms with van der Waals surface area (Å²) in [6, 6.07) is 4.29. The molecule has 0 bridgehead atoms. The predicted octanol–water partition coefficient (Wildman–Crippen LogP) is 1.97. The molecule has 1 aliphatic rings. The van der Waals surface area contributed by atoms with Gasteiger partial charge in [-0.15, -0.1) is 11.3 Å². The van der Waals surface area contributed by atoms with Gasteiger partial charge >= 0.3 is 0 Å². The minimum atomic E-state index is -3.76. The number of amides is 1. The fourth-order valence-electron chi connectivity index (χ4n) is 1.92. The molecule has 116 valence electrons. The number of rotatable bonds is 3. The molecule has 0 fully saturated rings. The summed E-state index contributed by atoms with van der Waals surface area (Å²) in [7, 11) is -3.76. The Morgan fingerprint density at radius 3 is 2.86 bits per heavy atom. The third-order valence-electron chi connectivity index (χ3n) is 3.04. The Hall–Kier alpha value is -2.13. The van der Waals surface area contributed by atoms with Crippen molar-refractivity contribution < 1.29 is 17.9 Å². The third kappa shape index (κ3) is 2.77. The molecule has 1 unspecified atom stereocenters. The standard InChI is InChI=1S/C13H13N3O4S2/c1-7-6-14-13(21-7)16-22(18,19)9-3-4-10-11(5-9)20-8(2)12(17)15-10/h3-6,8H,1-2H3,(H,14,16)(H,15,17). The number of aromatic nitrogens is 1. The van der Waals surface area contributed by atoms with Gasteiger partial charge in [0.1, 0.15) is 5.75 Å². The minimum Gasteiger partial charge on any atom is -0.479 e. The van der Waals surface area contributed by atoms with Crippen LogP contribution in [0.4, 0.5) is 10.8 Å². The summed E-state index contributed by atoms with van der Waals surface area (Å²) < 4.78 is 32.5. The summed E-state index contributed by atoms with van der Waals surface area (Å²) in [6.07, 6.45) is 0.926. The highest BCUT2D eigenvalue weighted by molar-refractivity contribution is 7.93. The second-order valence-corrected chi connectivity index (χ2v) is 7.71. The zero-order chi connectivity index (χ0) is 15.9. The van der Waals surface area contributed by atoms with Gasteiger partial charge in [-0.25, -0.2) is 13.4 Å². The minimum absolute atomic E-state index is 0.0439. The van der Waals surface area contributed by atoms with Crippen molar-refractivity contribution in [1.29, 1.82) is 0 Å². The first-order valence-electron chi connectivity index (χ1n) is 6.42. The summed E-state index contributed by atoms with van der Waals surface area (Å²) in [5.74, 6) is 0.0600. The number of carbonyl (C=O) groups excluding carboxylic acids is 1. The highest BCUT2D eigenvalue weighted by Gasteiger charge is 2.26. The smallest absolute Gasteiger partial charge is 0.265 e. The number of benzene rings is 1. The summed E-state index contributed by atoms with van der Waals surface area (Å²) in [6.45, 7) is 3.43. The van der Waals surface area contributed by atoms with Crippen LogP contribution in [0.2, 0.25) is 0 Å². The van der Waals surface area contributed by atoms with Gasteiger partial charge in [-0.1, -0.05) is 0 Å². The van der Waals surface area contributed by atoms with Gasteiger partial charge in [0.15, 0.2) is 11.2 Å². The second kappa shape index (κ2) is 5.25. The van der Waals surface area contributed by atoms with Gasteiger partial charge in [-0.3, -0.25) is 9.52 Å². The molecule has 2 N–H and O–H groups in total. The van der Waals surface area contributed by atoms with E-state index in [0.717, 1.165) is 4.88 Å². The molecule has 0 saturated carbocycles. The van der Waals surface area contributed by atoms with Crippen LogP contribution in [0.5, 0.6) is 5.75 Å². The van der Waals surface area contributed by atoms with Crippen molar-refractivity contribution in [3.05, 3.63) is 29.3 Å². The topological polar surface area (TPSA) is 97.4 Å². The number of hydrogen-bond donors (Lipinski definition) is 2. The van der Waals surface area contributed by atoms with Gasteiger partial charge in [0, 0.05) is 17.1 Å². The first-order chi connectivity index (χ1) is 10.3. The molecule has 1 atom stereocenters. The van der Waals surface area contributed by atoms with Crippen LogP contribution in [0, 0.1) is 6.92 Å². The molecule has 1 aromatic heterocycles. The van der Waals surface area contributed by atoms with E-state index in [1.807, 2.05) is 6.92 Å². The van der Waals surface area contributed by atoms with Crippen molar-refractivity contribution in [3.63, 3.8) is 0 Å². The van der Waals surface area contributed by atoms with Crippen molar-refractivity contribution >= 4 is 38.1 Å². The van der Waals surface area contributed by atoms with Crippen LogP contribution in [0.1, 0.15) is 11.8 Å². The number of nitrogens with zero attached hydrogens (tertiary/aromatic N) is 1. The second-order valence-electron chi connectivity index (χ2n) is 4.79. The van der Waals surface area contributed by atoms with Gasteiger partial charge in [0.25, 0.3) is 15.9 Å². The number of aryl methyl sites for hydroxylation is 1. The SMILES string of the molecule is Cc1cnc(NS(=O)(=O)c2ccc3c(c2)OC(C)C(=O)N3)s1. The molecule has 9 heteroatoms. The number of anilines is 2. The number of hydrogen-bond acceptors (Lipinski definition) is 6. The van der Waals surface area contributed by atoms with Crippen molar-refractivity contribution in [2.45, 2.75) is 24.8 Å². The molecule has 0 saturated heterocycles. The Balaban J connectivity index is 1.92. The fraction of sp³-hybridized carbons (Fsp3) is 0.231. The normalized spacial score (nSPS) is 17.4. The number of thiazole rings is 1. The van der Waals surface area contributed by atoms with Crippen LogP contribution in [-0.4, -0.2) is 25.4 Å². The lowest BCUT2D eigenvalue weighted by molar-refractivity contribution is -0.122. The molecule has 1 aliphatic heterocycles. The monoisotopic (exact) mass is 339 g/mol. The Morgan fingerprint density at radius 2 is 2.18 bits per heavy atom. The average Bonchev–Trinajstić information content (AvgIpc) is 2.84. The molecule has 0 spiro atoms. The molecular weight excluding hydrogens is 326 g/mol. The Bertz CT molecular complexity index is 845. The summed E-state index contributed by atoms with van der Waals surface area (Å²) in [4.78, 5) is 16.4. The van der Waals surface area contributed by atoms with E-state index in [9.17, 15) is 13.2 Å². The van der Waals surface area contributed by atoms with Crippen LogP contribution in [0.15, 0.2) is 29.3 Å². The van der Waals surface area contributed by atoms with Gasteiger partial charge in [0.2, 0.25) is 0 Å². The van der Waals surface area contributed by atoms with E-state index in [-0.39, 0.29) is 10.8 Å². The molecule has 1 amide bonds. The first-order valence-corrected chi connectivity index (χ1v) is 8.72. The molecule has 0 radical (unpaired) electrons. The molecule has 0 aliphatic carbocycles. The van der Waals surface area contributed by atoms with Crippen molar-refractivity contribution in [3.8, 4) is 5.75 Å². The van der Waals surface area contributed by atoms with Gasteiger partial charge < -0.3 is 10.1 Å². The Labute approximate surface area is 131 Å². The zero-order valence-corrected chi connectivity index (χ0v) is 13.4. The summed E-state index contributed by atoms with van der Waals surface area (Å²) in [5.41, 5.74) is 0.451. The van der Waals surface area contributed by atoms with Gasteiger partial charge in [0.05, 0.1) is 10.6 Å². The maximum atomic E-state index is 12.4. The lowest BCUT2D eigenvalue weighted by atomic mass is 10.2. The summed E-state index contributed by atoms with van der Waals surface area (Å²) >= 11 is 1.25. The van der Waals surface area contributed by atoms with Crippen molar-refractivity contribution in [2.75, 3.05) is 10.0 Å². The lowest BCUT2D eigenvalue weighted by Crippen LogP contribution is -2.34. The van der Waals surface area contributed by atoms with E-state index < -0.39 is 16.1 Å². The third-order valence-corrected chi connectivity index (χ3v) is 5.33. The van der Waals surface area contributed by atoms with E-state index in [4.69, 9.17) is 4.74 Å². The predicted molar refractivity (Wildman–Crippen MR) is 82.8 cm³/mol.